The normalized spacial score (nSPS) is 12.5. The van der Waals surface area contributed by atoms with Crippen LogP contribution in [-0.2, 0) is 0 Å². The van der Waals surface area contributed by atoms with Crippen molar-refractivity contribution in [1.29, 1.82) is 0 Å². The second-order valence-corrected chi connectivity index (χ2v) is 7.87. The van der Waals surface area contributed by atoms with Crippen LogP contribution in [0.1, 0.15) is 10.4 Å². The zero-order valence-corrected chi connectivity index (χ0v) is 16.7. The number of carbonyl (C=O) groups excluding carboxylic acids is 1. The summed E-state index contributed by atoms with van der Waals surface area (Å²) in [5.41, 5.74) is 0.507. The van der Waals surface area contributed by atoms with Crippen LogP contribution in [0, 0.1) is 10.1 Å². The maximum absolute atomic E-state index is 13.3. The number of thiazole rings is 1. The Labute approximate surface area is 170 Å². The van der Waals surface area contributed by atoms with E-state index in [0.29, 0.717) is 35.2 Å². The average molecular weight is 415 g/mol. The molecule has 0 radical (unpaired) electrons. The van der Waals surface area contributed by atoms with E-state index in [0.717, 1.165) is 9.60 Å². The lowest BCUT2D eigenvalue weighted by atomic mass is 10.1. The highest BCUT2D eigenvalue weighted by Crippen LogP contribution is 2.40. The standard InChI is InChI=1S/C19H18N4O5S/c1-21(2)7-8-22(18(24)12-5-3-4-6-14(12)23(25)26)19-20-13-9-15-16(28-11-27-15)10-17(13)29-19/h3-6,9-10H,7-8,11H2,1-2H3/p+1. The van der Waals surface area contributed by atoms with Gasteiger partial charge >= 0.3 is 0 Å². The van der Waals surface area contributed by atoms with Crippen LogP contribution in [0.15, 0.2) is 36.4 Å². The average Bonchev–Trinajstić information content (AvgIpc) is 3.31. The number of likely N-dealkylation sites (N-methyl/N-ethyl adjacent to an activating group) is 1. The van der Waals surface area contributed by atoms with Crippen LogP contribution in [0.5, 0.6) is 11.5 Å². The number of hydrogen-bond acceptors (Lipinski definition) is 7. The van der Waals surface area contributed by atoms with Gasteiger partial charge in [0.2, 0.25) is 6.79 Å². The van der Waals surface area contributed by atoms with Crippen LogP contribution in [0.3, 0.4) is 0 Å². The molecule has 0 aliphatic carbocycles. The van der Waals surface area contributed by atoms with Crippen molar-refractivity contribution in [2.75, 3.05) is 38.9 Å². The first-order valence-corrected chi connectivity index (χ1v) is 9.80. The van der Waals surface area contributed by atoms with Gasteiger partial charge in [-0.3, -0.25) is 19.8 Å². The Kier molecular flexibility index (Phi) is 5.03. The molecule has 1 aliphatic heterocycles. The minimum absolute atomic E-state index is 0.0414. The van der Waals surface area contributed by atoms with Crippen molar-refractivity contribution in [2.24, 2.45) is 0 Å². The van der Waals surface area contributed by atoms with Gasteiger partial charge in [0.15, 0.2) is 16.6 Å². The summed E-state index contributed by atoms with van der Waals surface area (Å²) in [7, 11) is 3.95. The van der Waals surface area contributed by atoms with E-state index in [1.807, 2.05) is 20.2 Å². The lowest BCUT2D eigenvalue weighted by molar-refractivity contribution is -0.856. The highest BCUT2D eigenvalue weighted by Gasteiger charge is 2.28. The van der Waals surface area contributed by atoms with Gasteiger partial charge in [0, 0.05) is 18.2 Å². The van der Waals surface area contributed by atoms with Gasteiger partial charge in [-0.1, -0.05) is 23.5 Å². The van der Waals surface area contributed by atoms with Crippen molar-refractivity contribution >= 4 is 38.3 Å². The molecule has 10 heteroatoms. The van der Waals surface area contributed by atoms with E-state index >= 15 is 0 Å². The molecule has 1 amide bonds. The summed E-state index contributed by atoms with van der Waals surface area (Å²) < 4.78 is 11.7. The third-order valence-corrected chi connectivity index (χ3v) is 5.56. The Balaban J connectivity index is 1.75. The number of benzene rings is 2. The summed E-state index contributed by atoms with van der Waals surface area (Å²) in [6, 6.07) is 9.58. The first-order chi connectivity index (χ1) is 13.9. The number of ether oxygens (including phenoxy) is 2. The lowest BCUT2D eigenvalue weighted by Crippen LogP contribution is -3.06. The molecule has 150 valence electrons. The molecule has 9 nitrogen and oxygen atoms in total. The Bertz CT molecular complexity index is 1060. The molecular formula is C19H19N4O5S+. The smallest absolute Gasteiger partial charge is 0.282 e. The van der Waals surface area contributed by atoms with Crippen LogP contribution in [0.25, 0.3) is 10.2 Å². The van der Waals surface area contributed by atoms with Gasteiger partial charge in [0.25, 0.3) is 11.6 Å². The van der Waals surface area contributed by atoms with Crippen LogP contribution in [0.4, 0.5) is 10.8 Å². The van der Waals surface area contributed by atoms with Crippen molar-refractivity contribution in [1.82, 2.24) is 4.98 Å². The van der Waals surface area contributed by atoms with Gasteiger partial charge in [0.05, 0.1) is 42.3 Å². The SMILES string of the molecule is C[NH+](C)CCN(C(=O)c1ccccc1[N+](=O)[O-])c1nc2cc3c(cc2s1)OCO3. The van der Waals surface area contributed by atoms with E-state index in [1.54, 1.807) is 18.2 Å². The molecule has 0 saturated carbocycles. The molecule has 1 aliphatic rings. The molecule has 3 aromatic rings. The Hall–Kier alpha value is -3.24. The Morgan fingerprint density at radius 2 is 2.00 bits per heavy atom. The summed E-state index contributed by atoms with van der Waals surface area (Å²) in [5, 5.41) is 11.9. The fourth-order valence-corrected chi connectivity index (χ4v) is 4.00. The third kappa shape index (κ3) is 3.71. The highest BCUT2D eigenvalue weighted by atomic mass is 32.1. The molecule has 0 spiro atoms. The first-order valence-electron chi connectivity index (χ1n) is 8.98. The number of nitrogens with zero attached hydrogens (tertiary/aromatic N) is 3. The predicted octanol–water partition coefficient (Wildman–Crippen LogP) is 1.72. The van der Waals surface area contributed by atoms with Crippen LogP contribution < -0.4 is 19.3 Å². The Morgan fingerprint density at radius 3 is 2.72 bits per heavy atom. The molecule has 1 N–H and O–H groups in total. The monoisotopic (exact) mass is 415 g/mol. The number of hydrogen-bond donors (Lipinski definition) is 1. The second-order valence-electron chi connectivity index (χ2n) is 6.86. The van der Waals surface area contributed by atoms with Crippen molar-refractivity contribution in [3.8, 4) is 11.5 Å². The van der Waals surface area contributed by atoms with Gasteiger partial charge in [0.1, 0.15) is 5.56 Å². The summed E-state index contributed by atoms with van der Waals surface area (Å²) >= 11 is 1.34. The maximum atomic E-state index is 13.3. The zero-order valence-electron chi connectivity index (χ0n) is 15.9. The first kappa shape index (κ1) is 19.1. The van der Waals surface area contributed by atoms with E-state index in [-0.39, 0.29) is 18.0 Å². The molecular weight excluding hydrogens is 396 g/mol. The van der Waals surface area contributed by atoms with E-state index in [4.69, 9.17) is 9.47 Å². The number of para-hydroxylation sites is 1. The van der Waals surface area contributed by atoms with Crippen LogP contribution in [-0.4, -0.2) is 49.8 Å². The van der Waals surface area contributed by atoms with E-state index in [2.05, 4.69) is 4.98 Å². The number of carbonyl (C=O) groups is 1. The molecule has 0 bridgehead atoms. The fraction of sp³-hybridized carbons (Fsp3) is 0.263. The quantitative estimate of drug-likeness (QED) is 0.486. The number of nitrogens with one attached hydrogen (secondary N) is 1. The summed E-state index contributed by atoms with van der Waals surface area (Å²) in [4.78, 5) is 31.4. The minimum atomic E-state index is -0.541. The van der Waals surface area contributed by atoms with Crippen molar-refractivity contribution in [3.63, 3.8) is 0 Å². The van der Waals surface area contributed by atoms with Gasteiger partial charge in [-0.05, 0) is 6.07 Å². The maximum Gasteiger partial charge on any atom is 0.282 e. The van der Waals surface area contributed by atoms with Gasteiger partial charge in [-0.2, -0.15) is 0 Å². The third-order valence-electron chi connectivity index (χ3n) is 4.51. The molecule has 2 heterocycles. The molecule has 0 atom stereocenters. The summed E-state index contributed by atoms with van der Waals surface area (Å²) in [6.45, 7) is 1.21. The van der Waals surface area contributed by atoms with Crippen LogP contribution >= 0.6 is 11.3 Å². The number of anilines is 1. The van der Waals surface area contributed by atoms with E-state index in [1.165, 1.54) is 28.4 Å². The topological polar surface area (TPSA) is 99.2 Å². The van der Waals surface area contributed by atoms with Gasteiger partial charge in [-0.15, -0.1) is 0 Å². The molecule has 0 unspecified atom stereocenters. The minimum Gasteiger partial charge on any atom is -0.454 e. The van der Waals surface area contributed by atoms with E-state index < -0.39 is 10.8 Å². The zero-order chi connectivity index (χ0) is 20.5. The highest BCUT2D eigenvalue weighted by molar-refractivity contribution is 7.22. The van der Waals surface area contributed by atoms with Gasteiger partial charge in [-0.25, -0.2) is 4.98 Å². The van der Waals surface area contributed by atoms with Crippen molar-refractivity contribution in [3.05, 3.63) is 52.1 Å². The van der Waals surface area contributed by atoms with E-state index in [9.17, 15) is 14.9 Å². The number of aromatic nitrogens is 1. The predicted molar refractivity (Wildman–Crippen MR) is 108 cm³/mol. The molecule has 0 saturated heterocycles. The van der Waals surface area contributed by atoms with Crippen molar-refractivity contribution in [2.45, 2.75) is 0 Å². The molecule has 1 aromatic heterocycles. The Morgan fingerprint density at radius 1 is 1.28 bits per heavy atom. The summed E-state index contributed by atoms with van der Waals surface area (Å²) in [5.74, 6) is 0.809. The lowest BCUT2D eigenvalue weighted by Gasteiger charge is -2.20. The number of nitro groups is 1. The number of rotatable bonds is 6. The number of quaternary nitrogens is 1. The molecule has 2 aromatic carbocycles. The van der Waals surface area contributed by atoms with Gasteiger partial charge < -0.3 is 14.4 Å². The molecule has 4 rings (SSSR count). The number of fused-ring (bicyclic) bond motifs is 2. The number of amides is 1. The summed E-state index contributed by atoms with van der Waals surface area (Å²) in [6.07, 6.45) is 0. The van der Waals surface area contributed by atoms with Crippen molar-refractivity contribution < 1.29 is 24.1 Å². The van der Waals surface area contributed by atoms with Crippen LogP contribution in [0.2, 0.25) is 0 Å². The fourth-order valence-electron chi connectivity index (χ4n) is 3.00. The second kappa shape index (κ2) is 7.64. The number of nitro benzene ring substituents is 1. The molecule has 29 heavy (non-hydrogen) atoms. The largest absolute Gasteiger partial charge is 0.454 e. The molecule has 0 fully saturated rings.